The minimum absolute atomic E-state index is 0.0887. The van der Waals surface area contributed by atoms with E-state index < -0.39 is 21.5 Å². The van der Waals surface area contributed by atoms with Crippen molar-refractivity contribution in [3.63, 3.8) is 0 Å². The van der Waals surface area contributed by atoms with Gasteiger partial charge in [0.05, 0.1) is 11.5 Å². The highest BCUT2D eigenvalue weighted by atomic mass is 32.2. The number of amides is 1. The lowest BCUT2D eigenvalue weighted by Crippen LogP contribution is -2.45. The number of sulfone groups is 1. The van der Waals surface area contributed by atoms with Gasteiger partial charge in [0.2, 0.25) is 5.91 Å². The Balaban J connectivity index is 2.74. The summed E-state index contributed by atoms with van der Waals surface area (Å²) in [4.78, 5) is 13.7. The van der Waals surface area contributed by atoms with Gasteiger partial charge in [-0.15, -0.1) is 0 Å². The maximum atomic E-state index is 11.9. The summed E-state index contributed by atoms with van der Waals surface area (Å²) >= 11 is 4.80. The Morgan fingerprint density at radius 2 is 1.94 bits per heavy atom. The van der Waals surface area contributed by atoms with E-state index in [1.807, 2.05) is 0 Å². The Hall–Kier alpha value is -0.690. The van der Waals surface area contributed by atoms with Crippen molar-refractivity contribution in [1.82, 2.24) is 4.90 Å². The van der Waals surface area contributed by atoms with Crippen LogP contribution < -0.4 is 5.73 Å². The Kier molecular flexibility index (Phi) is 4.88. The molecule has 0 atom stereocenters. The fourth-order valence-corrected chi connectivity index (χ4v) is 2.87. The van der Waals surface area contributed by atoms with Gasteiger partial charge in [0.25, 0.3) is 0 Å². The van der Waals surface area contributed by atoms with Gasteiger partial charge in [-0.2, -0.15) is 0 Å². The van der Waals surface area contributed by atoms with Crippen LogP contribution in [0.15, 0.2) is 0 Å². The van der Waals surface area contributed by atoms with E-state index in [2.05, 4.69) is 0 Å². The average Bonchev–Trinajstić information content (AvgIpc) is 2.63. The molecule has 1 saturated carbocycles. The Morgan fingerprint density at radius 1 is 1.41 bits per heavy atom. The molecule has 0 radical (unpaired) electrons. The van der Waals surface area contributed by atoms with E-state index in [1.54, 1.807) is 0 Å². The zero-order valence-electron chi connectivity index (χ0n) is 9.89. The van der Waals surface area contributed by atoms with E-state index in [0.29, 0.717) is 0 Å². The molecule has 1 fully saturated rings. The van der Waals surface area contributed by atoms with E-state index in [0.717, 1.165) is 31.9 Å². The van der Waals surface area contributed by atoms with Crippen LogP contribution in [0.2, 0.25) is 0 Å². The standard InChI is InChI=1S/C10H18N2O3S2/c1-17(14,15)7-10(13)12(6-9(11)16)8-4-2-3-5-8/h8H,2-7H2,1H3,(H2,11,16). The van der Waals surface area contributed by atoms with Crippen molar-refractivity contribution in [2.45, 2.75) is 31.7 Å². The molecule has 0 aromatic heterocycles. The molecule has 1 rings (SSSR count). The van der Waals surface area contributed by atoms with Gasteiger partial charge in [0.1, 0.15) is 5.75 Å². The minimum Gasteiger partial charge on any atom is -0.392 e. The molecular weight excluding hydrogens is 260 g/mol. The summed E-state index contributed by atoms with van der Waals surface area (Å²) in [5.41, 5.74) is 5.45. The third kappa shape index (κ3) is 4.99. The number of carbonyl (C=O) groups is 1. The smallest absolute Gasteiger partial charge is 0.238 e. The van der Waals surface area contributed by atoms with Crippen LogP contribution in [-0.4, -0.2) is 48.8 Å². The normalized spacial score (nSPS) is 17.0. The lowest BCUT2D eigenvalue weighted by Gasteiger charge is -2.28. The maximum Gasteiger partial charge on any atom is 0.238 e. The summed E-state index contributed by atoms with van der Waals surface area (Å²) in [5, 5.41) is 0. The van der Waals surface area contributed by atoms with Crippen LogP contribution in [0.1, 0.15) is 25.7 Å². The SMILES string of the molecule is CS(=O)(=O)CC(=O)N(CC(N)=S)C1CCCC1. The van der Waals surface area contributed by atoms with Crippen LogP contribution >= 0.6 is 12.2 Å². The predicted molar refractivity (Wildman–Crippen MR) is 70.5 cm³/mol. The van der Waals surface area contributed by atoms with E-state index >= 15 is 0 Å². The molecular formula is C10H18N2O3S2. The summed E-state index contributed by atoms with van der Waals surface area (Å²) in [6, 6.07) is 0.0887. The van der Waals surface area contributed by atoms with Crippen LogP contribution in [-0.2, 0) is 14.6 Å². The van der Waals surface area contributed by atoms with Crippen molar-refractivity contribution < 1.29 is 13.2 Å². The number of nitrogens with zero attached hydrogens (tertiary/aromatic N) is 1. The molecule has 0 aromatic rings. The van der Waals surface area contributed by atoms with E-state index in [4.69, 9.17) is 18.0 Å². The third-order valence-corrected chi connectivity index (χ3v) is 3.70. The quantitative estimate of drug-likeness (QED) is 0.721. The van der Waals surface area contributed by atoms with Crippen LogP contribution in [0.5, 0.6) is 0 Å². The molecule has 17 heavy (non-hydrogen) atoms. The van der Waals surface area contributed by atoms with Gasteiger partial charge in [0.15, 0.2) is 9.84 Å². The van der Waals surface area contributed by atoms with Crippen molar-refractivity contribution in [3.05, 3.63) is 0 Å². The minimum atomic E-state index is -3.31. The second-order valence-corrected chi connectivity index (χ2v) is 7.16. The molecule has 0 aliphatic heterocycles. The Labute approximate surface area is 107 Å². The Morgan fingerprint density at radius 3 is 2.35 bits per heavy atom. The first-order chi connectivity index (χ1) is 7.79. The van der Waals surface area contributed by atoms with E-state index in [1.165, 1.54) is 4.90 Å². The highest BCUT2D eigenvalue weighted by Crippen LogP contribution is 2.23. The lowest BCUT2D eigenvalue weighted by atomic mass is 10.2. The zero-order valence-corrected chi connectivity index (χ0v) is 11.5. The second-order valence-electron chi connectivity index (χ2n) is 4.50. The van der Waals surface area contributed by atoms with Crippen molar-refractivity contribution >= 4 is 33.0 Å². The van der Waals surface area contributed by atoms with Gasteiger partial charge < -0.3 is 10.6 Å². The molecule has 0 unspecified atom stereocenters. The molecule has 1 aliphatic carbocycles. The van der Waals surface area contributed by atoms with E-state index in [9.17, 15) is 13.2 Å². The highest BCUT2D eigenvalue weighted by Gasteiger charge is 2.28. The number of hydrogen-bond donors (Lipinski definition) is 1. The summed E-state index contributed by atoms with van der Waals surface area (Å²) in [6.45, 7) is 0.175. The van der Waals surface area contributed by atoms with Crippen LogP contribution in [0, 0.1) is 0 Å². The molecule has 5 nitrogen and oxygen atoms in total. The fourth-order valence-electron chi connectivity index (χ4n) is 2.11. The largest absolute Gasteiger partial charge is 0.392 e. The first-order valence-electron chi connectivity index (χ1n) is 5.55. The summed E-state index contributed by atoms with van der Waals surface area (Å²) in [7, 11) is -3.31. The van der Waals surface area contributed by atoms with Crippen molar-refractivity contribution in [2.24, 2.45) is 5.73 Å². The van der Waals surface area contributed by atoms with Crippen LogP contribution in [0.3, 0.4) is 0 Å². The molecule has 98 valence electrons. The van der Waals surface area contributed by atoms with Crippen LogP contribution in [0.25, 0.3) is 0 Å². The number of hydrogen-bond acceptors (Lipinski definition) is 4. The highest BCUT2D eigenvalue weighted by molar-refractivity contribution is 7.91. The Bertz CT molecular complexity index is 400. The maximum absolute atomic E-state index is 11.9. The van der Waals surface area contributed by atoms with Gasteiger partial charge >= 0.3 is 0 Å². The van der Waals surface area contributed by atoms with Gasteiger partial charge in [-0.1, -0.05) is 25.1 Å². The number of carbonyl (C=O) groups excluding carboxylic acids is 1. The van der Waals surface area contributed by atoms with Crippen molar-refractivity contribution in [3.8, 4) is 0 Å². The van der Waals surface area contributed by atoms with E-state index in [-0.39, 0.29) is 17.6 Å². The van der Waals surface area contributed by atoms with Crippen LogP contribution in [0.4, 0.5) is 0 Å². The van der Waals surface area contributed by atoms with Gasteiger partial charge in [0, 0.05) is 12.3 Å². The second kappa shape index (κ2) is 5.77. The summed E-state index contributed by atoms with van der Waals surface area (Å²) in [5.74, 6) is -0.862. The van der Waals surface area contributed by atoms with Crippen molar-refractivity contribution in [2.75, 3.05) is 18.6 Å². The van der Waals surface area contributed by atoms with Gasteiger partial charge in [-0.25, -0.2) is 8.42 Å². The van der Waals surface area contributed by atoms with Gasteiger partial charge in [-0.05, 0) is 12.8 Å². The lowest BCUT2D eigenvalue weighted by molar-refractivity contribution is -0.129. The molecule has 0 spiro atoms. The topological polar surface area (TPSA) is 80.5 Å². The number of nitrogens with two attached hydrogens (primary N) is 1. The average molecular weight is 278 g/mol. The molecule has 7 heteroatoms. The molecule has 0 heterocycles. The van der Waals surface area contributed by atoms with Crippen molar-refractivity contribution in [1.29, 1.82) is 0 Å². The number of rotatable bonds is 5. The molecule has 0 aromatic carbocycles. The molecule has 0 bridgehead atoms. The molecule has 2 N–H and O–H groups in total. The summed E-state index contributed by atoms with van der Waals surface area (Å²) in [6.07, 6.45) is 4.98. The fraction of sp³-hybridized carbons (Fsp3) is 0.800. The van der Waals surface area contributed by atoms with Gasteiger partial charge in [-0.3, -0.25) is 4.79 Å². The molecule has 1 aliphatic rings. The number of thiocarbonyl (C=S) groups is 1. The zero-order chi connectivity index (χ0) is 13.1. The first kappa shape index (κ1) is 14.4. The molecule has 0 saturated heterocycles. The summed E-state index contributed by atoms with van der Waals surface area (Å²) < 4.78 is 22.3. The predicted octanol–water partition coefficient (Wildman–Crippen LogP) is 0.0883. The first-order valence-corrected chi connectivity index (χ1v) is 8.02. The third-order valence-electron chi connectivity index (χ3n) is 2.80. The monoisotopic (exact) mass is 278 g/mol. The molecule has 1 amide bonds.